The summed E-state index contributed by atoms with van der Waals surface area (Å²) in [4.78, 5) is 18.3. The van der Waals surface area contributed by atoms with Crippen LogP contribution in [0.25, 0.3) is 20.9 Å². The molecule has 0 unspecified atom stereocenters. The summed E-state index contributed by atoms with van der Waals surface area (Å²) in [5.41, 5.74) is 4.60. The quantitative estimate of drug-likeness (QED) is 0.346. The first-order valence-corrected chi connectivity index (χ1v) is 11.0. The molecule has 1 amide bonds. The molecule has 2 N–H and O–H groups in total. The van der Waals surface area contributed by atoms with E-state index in [0.29, 0.717) is 17.0 Å². The summed E-state index contributed by atoms with van der Waals surface area (Å²) in [6.45, 7) is 0. The van der Waals surface area contributed by atoms with E-state index >= 15 is 0 Å². The van der Waals surface area contributed by atoms with Crippen LogP contribution in [0.3, 0.4) is 0 Å². The van der Waals surface area contributed by atoms with Crippen LogP contribution in [-0.2, 0) is 11.2 Å². The molecule has 0 bridgehead atoms. The number of thiophene rings is 1. The molecule has 31 heavy (non-hydrogen) atoms. The van der Waals surface area contributed by atoms with E-state index in [2.05, 4.69) is 21.1 Å². The van der Waals surface area contributed by atoms with Crippen LogP contribution in [0.5, 0.6) is 0 Å². The average Bonchev–Trinajstić information content (AvgIpc) is 3.39. The number of fused-ring (bicyclic) bond motifs is 1. The van der Waals surface area contributed by atoms with Gasteiger partial charge >= 0.3 is 0 Å². The molecule has 2 aromatic heterocycles. The van der Waals surface area contributed by atoms with Gasteiger partial charge in [-0.1, -0.05) is 6.07 Å². The van der Waals surface area contributed by atoms with Crippen molar-refractivity contribution in [3.05, 3.63) is 84.2 Å². The Morgan fingerprint density at radius 3 is 2.65 bits per heavy atom. The number of amides is 1. The molecule has 4 aromatic rings. The number of anilines is 2. The minimum absolute atomic E-state index is 0.0211. The van der Waals surface area contributed by atoms with Crippen LogP contribution in [-0.4, -0.2) is 10.9 Å². The Hall–Kier alpha value is -3.23. The van der Waals surface area contributed by atoms with E-state index in [4.69, 9.17) is 0 Å². The van der Waals surface area contributed by atoms with Crippen molar-refractivity contribution in [2.45, 2.75) is 11.3 Å². The van der Waals surface area contributed by atoms with E-state index in [0.717, 1.165) is 50.1 Å². The molecule has 0 saturated heterocycles. The highest BCUT2D eigenvalue weighted by molar-refractivity contribution is 8.00. The topological polar surface area (TPSA) is 54.0 Å². The highest BCUT2D eigenvalue weighted by Gasteiger charge is 2.18. The monoisotopic (exact) mass is 451 g/mol. The molecule has 0 fully saturated rings. The normalized spacial score (nSPS) is 12.5. The van der Waals surface area contributed by atoms with Gasteiger partial charge in [-0.15, -0.1) is 11.3 Å². The summed E-state index contributed by atoms with van der Waals surface area (Å²) in [6.07, 6.45) is 3.83. The van der Waals surface area contributed by atoms with E-state index in [9.17, 15) is 13.6 Å². The zero-order chi connectivity index (χ0) is 21.4. The van der Waals surface area contributed by atoms with E-state index < -0.39 is 11.6 Å². The molecule has 154 valence electrons. The number of pyridine rings is 1. The molecule has 5 rings (SSSR count). The average molecular weight is 452 g/mol. The van der Waals surface area contributed by atoms with Crippen LogP contribution in [0.2, 0.25) is 0 Å². The van der Waals surface area contributed by atoms with Gasteiger partial charge in [0.1, 0.15) is 11.6 Å². The highest BCUT2D eigenvalue weighted by atomic mass is 32.2. The van der Waals surface area contributed by atoms with Gasteiger partial charge in [0.25, 0.3) is 0 Å². The van der Waals surface area contributed by atoms with Crippen molar-refractivity contribution < 1.29 is 13.6 Å². The van der Waals surface area contributed by atoms with Crippen molar-refractivity contribution in [2.75, 3.05) is 10.0 Å². The molecular formula is C23H15F2N3OS2. The number of nitrogens with zero attached hydrogens (tertiary/aromatic N) is 1. The maximum absolute atomic E-state index is 13.8. The van der Waals surface area contributed by atoms with Crippen LogP contribution in [0.15, 0.2) is 71.9 Å². The van der Waals surface area contributed by atoms with Gasteiger partial charge in [0.05, 0.1) is 23.2 Å². The smallest absolute Gasteiger partial charge is 0.228 e. The first-order valence-electron chi connectivity index (χ1n) is 9.41. The fourth-order valence-electron chi connectivity index (χ4n) is 3.33. The van der Waals surface area contributed by atoms with Gasteiger partial charge in [0.2, 0.25) is 5.91 Å². The molecular weight excluding hydrogens is 436 g/mol. The van der Waals surface area contributed by atoms with Crippen molar-refractivity contribution in [3.8, 4) is 20.9 Å². The minimum Gasteiger partial charge on any atom is -0.326 e. The maximum atomic E-state index is 13.8. The van der Waals surface area contributed by atoms with E-state index in [-0.39, 0.29) is 5.91 Å². The minimum atomic E-state index is -0.615. The SMILES string of the molecule is O=C1Cc2cc(-c3ccc(-c4cncc(NSc5ccc(F)cc5F)c4)s3)ccc2N1. The molecule has 1 aliphatic heterocycles. The maximum Gasteiger partial charge on any atom is 0.228 e. The fourth-order valence-corrected chi connectivity index (χ4v) is 4.95. The molecule has 4 nitrogen and oxygen atoms in total. The molecule has 0 saturated carbocycles. The second-order valence-electron chi connectivity index (χ2n) is 7.00. The number of rotatable bonds is 5. The zero-order valence-electron chi connectivity index (χ0n) is 16.0. The number of halogens is 2. The third-order valence-electron chi connectivity index (χ3n) is 4.82. The largest absolute Gasteiger partial charge is 0.326 e. The lowest BCUT2D eigenvalue weighted by molar-refractivity contribution is -0.115. The summed E-state index contributed by atoms with van der Waals surface area (Å²) in [5.74, 6) is -1.20. The summed E-state index contributed by atoms with van der Waals surface area (Å²) in [5, 5.41) is 2.85. The van der Waals surface area contributed by atoms with Gasteiger partial charge in [-0.25, -0.2) is 8.78 Å². The van der Waals surface area contributed by atoms with Crippen molar-refractivity contribution in [1.29, 1.82) is 0 Å². The van der Waals surface area contributed by atoms with Crippen molar-refractivity contribution >= 4 is 40.6 Å². The summed E-state index contributed by atoms with van der Waals surface area (Å²) in [7, 11) is 0. The van der Waals surface area contributed by atoms with Crippen molar-refractivity contribution in [3.63, 3.8) is 0 Å². The fraction of sp³-hybridized carbons (Fsp3) is 0.0435. The Morgan fingerprint density at radius 1 is 0.968 bits per heavy atom. The van der Waals surface area contributed by atoms with Crippen LogP contribution >= 0.6 is 23.3 Å². The van der Waals surface area contributed by atoms with Gasteiger partial charge in [0, 0.05) is 33.3 Å². The second kappa shape index (κ2) is 8.13. The number of hydrogen-bond acceptors (Lipinski definition) is 5. The Balaban J connectivity index is 1.34. The van der Waals surface area contributed by atoms with Crippen LogP contribution < -0.4 is 10.0 Å². The zero-order valence-corrected chi connectivity index (χ0v) is 17.6. The number of carbonyl (C=O) groups excluding carboxylic acids is 1. The highest BCUT2D eigenvalue weighted by Crippen LogP contribution is 2.37. The number of benzene rings is 2. The molecule has 8 heteroatoms. The molecule has 0 radical (unpaired) electrons. The molecule has 3 heterocycles. The third-order valence-corrected chi connectivity index (χ3v) is 6.89. The second-order valence-corrected chi connectivity index (χ2v) is 8.93. The standard InChI is InChI=1S/C23H15F2N3OS2/c24-16-2-4-22(18(25)10-16)31-28-17-8-15(11-26-12-17)21-6-5-20(30-21)13-1-3-19-14(7-13)9-23(29)27-19/h1-8,10-12,28H,9H2,(H,27,29). The van der Waals surface area contributed by atoms with Gasteiger partial charge in [-0.3, -0.25) is 9.78 Å². The lowest BCUT2D eigenvalue weighted by Gasteiger charge is -2.07. The number of hydrogen-bond donors (Lipinski definition) is 2. The lowest BCUT2D eigenvalue weighted by Crippen LogP contribution is -2.03. The first kappa shape index (κ1) is 19.7. The van der Waals surface area contributed by atoms with Crippen LogP contribution in [0, 0.1) is 11.6 Å². The van der Waals surface area contributed by atoms with Gasteiger partial charge in [-0.05, 0) is 65.5 Å². The molecule has 2 aromatic carbocycles. The molecule has 1 aliphatic rings. The molecule has 0 atom stereocenters. The Labute approximate surface area is 185 Å². The molecule has 0 aliphatic carbocycles. The molecule has 0 spiro atoms. The summed E-state index contributed by atoms with van der Waals surface area (Å²) in [6, 6.07) is 15.5. The Bertz CT molecular complexity index is 1310. The Morgan fingerprint density at radius 2 is 1.81 bits per heavy atom. The van der Waals surface area contributed by atoms with Crippen LogP contribution in [0.4, 0.5) is 20.2 Å². The third kappa shape index (κ3) is 4.17. The van der Waals surface area contributed by atoms with Crippen molar-refractivity contribution in [1.82, 2.24) is 4.98 Å². The van der Waals surface area contributed by atoms with Gasteiger partial charge < -0.3 is 10.0 Å². The first-order chi connectivity index (χ1) is 15.0. The van der Waals surface area contributed by atoms with Gasteiger partial charge in [0.15, 0.2) is 0 Å². The van der Waals surface area contributed by atoms with E-state index in [1.54, 1.807) is 23.7 Å². The summed E-state index contributed by atoms with van der Waals surface area (Å²) < 4.78 is 29.9. The number of nitrogens with one attached hydrogen (secondary N) is 2. The predicted octanol–water partition coefficient (Wildman–Crippen LogP) is 6.37. The number of aromatic nitrogens is 1. The van der Waals surface area contributed by atoms with E-state index in [1.807, 2.05) is 30.3 Å². The van der Waals surface area contributed by atoms with Crippen LogP contribution in [0.1, 0.15) is 5.56 Å². The summed E-state index contributed by atoms with van der Waals surface area (Å²) >= 11 is 2.70. The number of carbonyl (C=O) groups is 1. The van der Waals surface area contributed by atoms with E-state index in [1.165, 1.54) is 12.1 Å². The predicted molar refractivity (Wildman–Crippen MR) is 121 cm³/mol. The Kier molecular flexibility index (Phi) is 5.17. The van der Waals surface area contributed by atoms with Gasteiger partial charge in [-0.2, -0.15) is 0 Å². The lowest BCUT2D eigenvalue weighted by atomic mass is 10.1. The van der Waals surface area contributed by atoms with Crippen molar-refractivity contribution in [2.24, 2.45) is 0 Å².